The second kappa shape index (κ2) is 4.99. The molecule has 1 unspecified atom stereocenters. The molecule has 1 aromatic heterocycles. The maximum Gasteiger partial charge on any atom is 0.250 e. The lowest BCUT2D eigenvalue weighted by molar-refractivity contribution is 0.438. The van der Waals surface area contributed by atoms with Gasteiger partial charge < -0.3 is 4.57 Å². The molecule has 0 saturated heterocycles. The van der Waals surface area contributed by atoms with Crippen LogP contribution in [0.15, 0.2) is 23.1 Å². The largest absolute Gasteiger partial charge is 0.315 e. The molecule has 1 aromatic rings. The van der Waals surface area contributed by atoms with Gasteiger partial charge in [-0.3, -0.25) is 4.79 Å². The minimum absolute atomic E-state index is 0.118. The van der Waals surface area contributed by atoms with Gasteiger partial charge in [-0.1, -0.05) is 20.3 Å². The van der Waals surface area contributed by atoms with Gasteiger partial charge >= 0.3 is 0 Å². The lowest BCUT2D eigenvalue weighted by atomic mass is 10.1. The van der Waals surface area contributed by atoms with Crippen LogP contribution in [0.1, 0.15) is 32.3 Å². The molecule has 0 spiro atoms. The van der Waals surface area contributed by atoms with E-state index < -0.39 is 0 Å². The maximum absolute atomic E-state index is 11.5. The Hall–Kier alpha value is -1.05. The van der Waals surface area contributed by atoms with Crippen LogP contribution < -0.4 is 5.56 Å². The molecule has 78 valence electrons. The fraction of sp³-hybridized carbons (Fsp3) is 0.583. The van der Waals surface area contributed by atoms with Crippen LogP contribution in [-0.2, 0) is 6.54 Å². The SMILES string of the molecule is CCCC(C)Cn1ccc(C)cc1=O. The molecule has 1 rings (SSSR count). The Morgan fingerprint density at radius 3 is 2.79 bits per heavy atom. The highest BCUT2D eigenvalue weighted by atomic mass is 16.1. The van der Waals surface area contributed by atoms with E-state index >= 15 is 0 Å². The first kappa shape index (κ1) is 11.0. The van der Waals surface area contributed by atoms with E-state index in [1.165, 1.54) is 12.8 Å². The molecule has 0 saturated carbocycles. The van der Waals surface area contributed by atoms with Crippen LogP contribution in [0.4, 0.5) is 0 Å². The van der Waals surface area contributed by atoms with Crippen molar-refractivity contribution in [3.05, 3.63) is 34.2 Å². The Kier molecular flexibility index (Phi) is 3.93. The van der Waals surface area contributed by atoms with Crippen molar-refractivity contribution in [1.82, 2.24) is 4.57 Å². The van der Waals surface area contributed by atoms with Crippen LogP contribution in [-0.4, -0.2) is 4.57 Å². The van der Waals surface area contributed by atoms with Gasteiger partial charge in [-0.15, -0.1) is 0 Å². The molecule has 1 heterocycles. The Morgan fingerprint density at radius 2 is 2.21 bits per heavy atom. The van der Waals surface area contributed by atoms with Crippen molar-refractivity contribution in [2.24, 2.45) is 5.92 Å². The Morgan fingerprint density at radius 1 is 1.50 bits per heavy atom. The summed E-state index contributed by atoms with van der Waals surface area (Å²) in [5.74, 6) is 0.584. The molecule has 0 aromatic carbocycles. The van der Waals surface area contributed by atoms with Crippen LogP contribution in [0.25, 0.3) is 0 Å². The summed E-state index contributed by atoms with van der Waals surface area (Å²) < 4.78 is 1.80. The van der Waals surface area contributed by atoms with Crippen molar-refractivity contribution in [1.29, 1.82) is 0 Å². The number of hydrogen-bond donors (Lipinski definition) is 0. The number of rotatable bonds is 4. The monoisotopic (exact) mass is 193 g/mol. The molecule has 0 amide bonds. The number of nitrogens with zero attached hydrogens (tertiary/aromatic N) is 1. The summed E-state index contributed by atoms with van der Waals surface area (Å²) in [4.78, 5) is 11.5. The fourth-order valence-corrected chi connectivity index (χ4v) is 1.68. The number of pyridine rings is 1. The van der Waals surface area contributed by atoms with Crippen molar-refractivity contribution < 1.29 is 0 Å². The third-order valence-electron chi connectivity index (χ3n) is 2.44. The molecule has 0 bridgehead atoms. The number of aryl methyl sites for hydroxylation is 1. The first-order valence-corrected chi connectivity index (χ1v) is 5.30. The molecule has 0 N–H and O–H groups in total. The Balaban J connectivity index is 2.72. The summed E-state index contributed by atoms with van der Waals surface area (Å²) in [6.45, 7) is 7.15. The van der Waals surface area contributed by atoms with Crippen molar-refractivity contribution in [3.8, 4) is 0 Å². The van der Waals surface area contributed by atoms with E-state index in [-0.39, 0.29) is 5.56 Å². The van der Waals surface area contributed by atoms with E-state index in [9.17, 15) is 4.79 Å². The van der Waals surface area contributed by atoms with Crippen molar-refractivity contribution in [2.75, 3.05) is 0 Å². The van der Waals surface area contributed by atoms with Crippen LogP contribution in [0.5, 0.6) is 0 Å². The zero-order valence-electron chi connectivity index (χ0n) is 9.29. The minimum atomic E-state index is 0.118. The van der Waals surface area contributed by atoms with Gasteiger partial charge in [0.05, 0.1) is 0 Å². The third-order valence-corrected chi connectivity index (χ3v) is 2.44. The third kappa shape index (κ3) is 3.02. The highest BCUT2D eigenvalue weighted by Gasteiger charge is 2.02. The predicted octanol–water partition coefficient (Wildman–Crippen LogP) is 2.59. The van der Waals surface area contributed by atoms with Crippen LogP contribution in [0.2, 0.25) is 0 Å². The average Bonchev–Trinajstić information content (AvgIpc) is 2.10. The first-order chi connectivity index (χ1) is 6.63. The van der Waals surface area contributed by atoms with Gasteiger partial charge in [-0.2, -0.15) is 0 Å². The van der Waals surface area contributed by atoms with Gasteiger partial charge in [0.1, 0.15) is 0 Å². The molecule has 14 heavy (non-hydrogen) atoms. The Bertz CT molecular complexity index is 340. The average molecular weight is 193 g/mol. The summed E-state index contributed by atoms with van der Waals surface area (Å²) in [6, 6.07) is 3.68. The second-order valence-electron chi connectivity index (χ2n) is 4.09. The molecule has 0 radical (unpaired) electrons. The number of aromatic nitrogens is 1. The molecular weight excluding hydrogens is 174 g/mol. The van der Waals surface area contributed by atoms with Gasteiger partial charge in [-0.25, -0.2) is 0 Å². The number of hydrogen-bond acceptors (Lipinski definition) is 1. The van der Waals surface area contributed by atoms with Crippen LogP contribution in [0.3, 0.4) is 0 Å². The standard InChI is InChI=1S/C12H19NO/c1-4-5-11(3)9-13-7-6-10(2)8-12(13)14/h6-8,11H,4-5,9H2,1-3H3. The predicted molar refractivity (Wildman–Crippen MR) is 59.5 cm³/mol. The van der Waals surface area contributed by atoms with E-state index in [4.69, 9.17) is 0 Å². The van der Waals surface area contributed by atoms with E-state index in [2.05, 4.69) is 13.8 Å². The summed E-state index contributed by atoms with van der Waals surface area (Å²) >= 11 is 0. The Labute approximate surface area is 85.6 Å². The quantitative estimate of drug-likeness (QED) is 0.720. The van der Waals surface area contributed by atoms with E-state index in [0.717, 1.165) is 12.1 Å². The molecule has 2 heteroatoms. The van der Waals surface area contributed by atoms with E-state index in [1.54, 1.807) is 10.6 Å². The lowest BCUT2D eigenvalue weighted by Crippen LogP contribution is -2.21. The molecule has 0 aliphatic rings. The molecule has 0 aliphatic heterocycles. The van der Waals surface area contributed by atoms with Crippen molar-refractivity contribution >= 4 is 0 Å². The highest BCUT2D eigenvalue weighted by molar-refractivity contribution is 5.07. The smallest absolute Gasteiger partial charge is 0.250 e. The molecule has 0 fully saturated rings. The van der Waals surface area contributed by atoms with Gasteiger partial charge in [0.2, 0.25) is 0 Å². The minimum Gasteiger partial charge on any atom is -0.315 e. The highest BCUT2D eigenvalue weighted by Crippen LogP contribution is 2.06. The summed E-state index contributed by atoms with van der Waals surface area (Å²) in [6.07, 6.45) is 4.26. The first-order valence-electron chi connectivity index (χ1n) is 5.30. The lowest BCUT2D eigenvalue weighted by Gasteiger charge is -2.12. The summed E-state index contributed by atoms with van der Waals surface area (Å²) in [5, 5.41) is 0. The van der Waals surface area contributed by atoms with Gasteiger partial charge in [0.15, 0.2) is 0 Å². The van der Waals surface area contributed by atoms with Crippen molar-refractivity contribution in [2.45, 2.75) is 40.2 Å². The molecule has 1 atom stereocenters. The zero-order valence-corrected chi connectivity index (χ0v) is 9.29. The topological polar surface area (TPSA) is 22.0 Å². The second-order valence-corrected chi connectivity index (χ2v) is 4.09. The maximum atomic E-state index is 11.5. The molecule has 0 aliphatic carbocycles. The van der Waals surface area contributed by atoms with Gasteiger partial charge in [-0.05, 0) is 30.9 Å². The summed E-state index contributed by atoms with van der Waals surface area (Å²) in [7, 11) is 0. The van der Waals surface area contributed by atoms with Crippen LogP contribution in [0, 0.1) is 12.8 Å². The molecular formula is C12H19NO. The van der Waals surface area contributed by atoms with Gasteiger partial charge in [0, 0.05) is 18.8 Å². The summed E-state index contributed by atoms with van der Waals surface area (Å²) in [5.41, 5.74) is 1.15. The fourth-order valence-electron chi connectivity index (χ4n) is 1.68. The normalized spacial score (nSPS) is 12.8. The van der Waals surface area contributed by atoms with E-state index in [1.807, 2.05) is 19.2 Å². The van der Waals surface area contributed by atoms with Crippen molar-refractivity contribution in [3.63, 3.8) is 0 Å². The van der Waals surface area contributed by atoms with E-state index in [0.29, 0.717) is 5.92 Å². The van der Waals surface area contributed by atoms with Gasteiger partial charge in [0.25, 0.3) is 5.56 Å². The zero-order chi connectivity index (χ0) is 10.6. The van der Waals surface area contributed by atoms with Crippen LogP contribution >= 0.6 is 0 Å². The molecule has 2 nitrogen and oxygen atoms in total.